The van der Waals surface area contributed by atoms with Crippen LogP contribution in [0.2, 0.25) is 0 Å². The molecule has 0 spiro atoms. The summed E-state index contributed by atoms with van der Waals surface area (Å²) in [6, 6.07) is 11.8. The minimum Gasteiger partial charge on any atom is -0.492 e. The molecule has 0 unspecified atom stereocenters. The lowest BCUT2D eigenvalue weighted by molar-refractivity contribution is -0.118. The van der Waals surface area contributed by atoms with Gasteiger partial charge < -0.3 is 14.8 Å². The van der Waals surface area contributed by atoms with Gasteiger partial charge in [-0.3, -0.25) is 4.79 Å². The molecule has 0 aliphatic carbocycles. The van der Waals surface area contributed by atoms with Crippen LogP contribution in [0.5, 0.6) is 11.5 Å². The van der Waals surface area contributed by atoms with Crippen LogP contribution in [0.15, 0.2) is 51.8 Å². The molecule has 1 fully saturated rings. The second-order valence-electron chi connectivity index (χ2n) is 6.85. The molecule has 162 valence electrons. The van der Waals surface area contributed by atoms with Crippen LogP contribution in [-0.2, 0) is 14.8 Å². The SMILES string of the molecule is CCOc1ccc(NC(=O)COc2ccc(Br)cc2)cc1S(=O)(=O)N1CCCCC1. The molecule has 1 aliphatic heterocycles. The van der Waals surface area contributed by atoms with Crippen molar-refractivity contribution in [3.63, 3.8) is 0 Å². The highest BCUT2D eigenvalue weighted by Crippen LogP contribution is 2.31. The number of hydrogen-bond donors (Lipinski definition) is 1. The van der Waals surface area contributed by atoms with Gasteiger partial charge in [0, 0.05) is 23.2 Å². The molecule has 0 bridgehead atoms. The molecule has 30 heavy (non-hydrogen) atoms. The van der Waals surface area contributed by atoms with E-state index in [1.165, 1.54) is 10.4 Å². The number of hydrogen-bond acceptors (Lipinski definition) is 5. The lowest BCUT2D eigenvalue weighted by Gasteiger charge is -2.27. The van der Waals surface area contributed by atoms with Gasteiger partial charge in [0.05, 0.1) is 6.61 Å². The summed E-state index contributed by atoms with van der Waals surface area (Å²) >= 11 is 3.34. The zero-order chi connectivity index (χ0) is 21.6. The lowest BCUT2D eigenvalue weighted by atomic mass is 10.2. The molecule has 1 saturated heterocycles. The standard InChI is InChI=1S/C21H25BrN2O5S/c1-2-28-19-11-8-17(14-20(19)30(26,27)24-12-4-3-5-13-24)23-21(25)15-29-18-9-6-16(22)7-10-18/h6-11,14H,2-5,12-13,15H2,1H3,(H,23,25). The van der Waals surface area contributed by atoms with Crippen LogP contribution in [0.1, 0.15) is 26.2 Å². The van der Waals surface area contributed by atoms with E-state index in [1.807, 2.05) is 12.1 Å². The molecule has 1 N–H and O–H groups in total. The van der Waals surface area contributed by atoms with E-state index in [4.69, 9.17) is 9.47 Å². The fourth-order valence-electron chi connectivity index (χ4n) is 3.18. The Hall–Kier alpha value is -2.10. The van der Waals surface area contributed by atoms with E-state index in [1.54, 1.807) is 31.2 Å². The van der Waals surface area contributed by atoms with E-state index >= 15 is 0 Å². The maximum Gasteiger partial charge on any atom is 0.262 e. The maximum absolute atomic E-state index is 13.2. The molecule has 2 aromatic rings. The number of halogens is 1. The highest BCUT2D eigenvalue weighted by atomic mass is 79.9. The molecular weight excluding hydrogens is 472 g/mol. The third kappa shape index (κ3) is 5.74. The Morgan fingerprint density at radius 1 is 1.07 bits per heavy atom. The first kappa shape index (κ1) is 22.6. The predicted molar refractivity (Wildman–Crippen MR) is 118 cm³/mol. The number of benzene rings is 2. The Morgan fingerprint density at radius 3 is 2.43 bits per heavy atom. The number of anilines is 1. The molecule has 1 aliphatic rings. The van der Waals surface area contributed by atoms with E-state index in [0.717, 1.165) is 23.7 Å². The monoisotopic (exact) mass is 496 g/mol. The fourth-order valence-corrected chi connectivity index (χ4v) is 5.12. The van der Waals surface area contributed by atoms with Crippen LogP contribution in [-0.4, -0.2) is 44.9 Å². The molecular formula is C21H25BrN2O5S. The Kier molecular flexibility index (Phi) is 7.74. The number of ether oxygens (including phenoxy) is 2. The van der Waals surface area contributed by atoms with Crippen LogP contribution in [0.4, 0.5) is 5.69 Å². The number of piperidine rings is 1. The minimum absolute atomic E-state index is 0.0675. The van der Waals surface area contributed by atoms with Crippen LogP contribution in [0, 0.1) is 0 Å². The number of carbonyl (C=O) groups is 1. The topological polar surface area (TPSA) is 84.9 Å². The highest BCUT2D eigenvalue weighted by molar-refractivity contribution is 9.10. The van der Waals surface area contributed by atoms with Crippen molar-refractivity contribution < 1.29 is 22.7 Å². The van der Waals surface area contributed by atoms with Crippen molar-refractivity contribution in [1.82, 2.24) is 4.31 Å². The van der Waals surface area contributed by atoms with E-state index < -0.39 is 10.0 Å². The quantitative estimate of drug-likeness (QED) is 0.595. The van der Waals surface area contributed by atoms with Crippen LogP contribution < -0.4 is 14.8 Å². The van der Waals surface area contributed by atoms with Gasteiger partial charge in [-0.05, 0) is 62.2 Å². The van der Waals surface area contributed by atoms with Gasteiger partial charge in [0.1, 0.15) is 16.4 Å². The molecule has 0 aromatic heterocycles. The van der Waals surface area contributed by atoms with Crippen molar-refractivity contribution in [2.45, 2.75) is 31.1 Å². The summed E-state index contributed by atoms with van der Waals surface area (Å²) in [5, 5.41) is 2.70. The summed E-state index contributed by atoms with van der Waals surface area (Å²) in [5.74, 6) is 0.462. The van der Waals surface area contributed by atoms with Crippen molar-refractivity contribution >= 4 is 37.5 Å². The van der Waals surface area contributed by atoms with Gasteiger partial charge in [0.15, 0.2) is 6.61 Å². The van der Waals surface area contributed by atoms with Gasteiger partial charge in [-0.2, -0.15) is 4.31 Å². The van der Waals surface area contributed by atoms with E-state index in [-0.39, 0.29) is 23.2 Å². The molecule has 9 heteroatoms. The van der Waals surface area contributed by atoms with E-state index in [9.17, 15) is 13.2 Å². The smallest absolute Gasteiger partial charge is 0.262 e. The fraction of sp³-hybridized carbons (Fsp3) is 0.381. The Bertz CT molecular complexity index is 973. The Labute approximate surface area is 185 Å². The molecule has 0 saturated carbocycles. The van der Waals surface area contributed by atoms with Crippen molar-refractivity contribution in [3.05, 3.63) is 46.9 Å². The first-order chi connectivity index (χ1) is 14.4. The summed E-state index contributed by atoms with van der Waals surface area (Å²) in [6.45, 7) is 2.93. The average Bonchev–Trinajstić information content (AvgIpc) is 2.75. The summed E-state index contributed by atoms with van der Waals surface area (Å²) in [6.07, 6.45) is 2.71. The number of nitrogens with one attached hydrogen (secondary N) is 1. The largest absolute Gasteiger partial charge is 0.492 e. The summed E-state index contributed by atoms with van der Waals surface area (Å²) < 4.78 is 39.7. The summed E-state index contributed by atoms with van der Waals surface area (Å²) in [7, 11) is -3.71. The van der Waals surface area contributed by atoms with Crippen LogP contribution >= 0.6 is 15.9 Å². The predicted octanol–water partition coefficient (Wildman–Crippen LogP) is 4.04. The number of rotatable bonds is 8. The van der Waals surface area contributed by atoms with Crippen LogP contribution in [0.3, 0.4) is 0 Å². The number of amides is 1. The molecule has 7 nitrogen and oxygen atoms in total. The van der Waals surface area contributed by atoms with Crippen molar-refractivity contribution in [1.29, 1.82) is 0 Å². The van der Waals surface area contributed by atoms with Gasteiger partial charge in [-0.15, -0.1) is 0 Å². The first-order valence-corrected chi connectivity index (χ1v) is 12.1. The maximum atomic E-state index is 13.2. The normalized spacial score (nSPS) is 14.9. The zero-order valence-corrected chi connectivity index (χ0v) is 19.2. The first-order valence-electron chi connectivity index (χ1n) is 9.85. The number of carbonyl (C=O) groups excluding carboxylic acids is 1. The lowest BCUT2D eigenvalue weighted by Crippen LogP contribution is -2.35. The van der Waals surface area contributed by atoms with Gasteiger partial charge in [0.25, 0.3) is 5.91 Å². The summed E-state index contributed by atoms with van der Waals surface area (Å²) in [4.78, 5) is 12.4. The van der Waals surface area contributed by atoms with Gasteiger partial charge >= 0.3 is 0 Å². The number of nitrogens with zero attached hydrogens (tertiary/aromatic N) is 1. The van der Waals surface area contributed by atoms with Crippen molar-refractivity contribution in [2.75, 3.05) is 31.6 Å². The molecule has 0 radical (unpaired) electrons. The number of sulfonamides is 1. The molecule has 1 amide bonds. The Morgan fingerprint density at radius 2 is 1.77 bits per heavy atom. The average molecular weight is 497 g/mol. The highest BCUT2D eigenvalue weighted by Gasteiger charge is 2.29. The van der Waals surface area contributed by atoms with E-state index in [0.29, 0.717) is 31.1 Å². The van der Waals surface area contributed by atoms with Gasteiger partial charge in [-0.1, -0.05) is 22.4 Å². The van der Waals surface area contributed by atoms with Gasteiger partial charge in [-0.25, -0.2) is 8.42 Å². The molecule has 3 rings (SSSR count). The second kappa shape index (κ2) is 10.3. The molecule has 2 aromatic carbocycles. The third-order valence-electron chi connectivity index (χ3n) is 4.64. The van der Waals surface area contributed by atoms with Crippen molar-refractivity contribution in [2.24, 2.45) is 0 Å². The van der Waals surface area contributed by atoms with Crippen LogP contribution in [0.25, 0.3) is 0 Å². The van der Waals surface area contributed by atoms with E-state index in [2.05, 4.69) is 21.2 Å². The third-order valence-corrected chi connectivity index (χ3v) is 7.09. The zero-order valence-electron chi connectivity index (χ0n) is 16.8. The molecule has 0 atom stereocenters. The van der Waals surface area contributed by atoms with Crippen molar-refractivity contribution in [3.8, 4) is 11.5 Å². The minimum atomic E-state index is -3.71. The summed E-state index contributed by atoms with van der Waals surface area (Å²) in [5.41, 5.74) is 0.374. The Balaban J connectivity index is 1.74. The van der Waals surface area contributed by atoms with Gasteiger partial charge in [0.2, 0.25) is 10.0 Å². The molecule has 1 heterocycles. The second-order valence-corrected chi connectivity index (χ2v) is 9.67.